The molecule has 1 aromatic heterocycles. The van der Waals surface area contributed by atoms with Gasteiger partial charge in [0.25, 0.3) is 5.91 Å². The zero-order valence-corrected chi connectivity index (χ0v) is 15.5. The van der Waals surface area contributed by atoms with E-state index in [0.717, 1.165) is 11.4 Å². The maximum atomic E-state index is 12.6. The molecule has 0 fully saturated rings. The second-order valence-electron chi connectivity index (χ2n) is 6.62. The zero-order chi connectivity index (χ0) is 18.4. The fourth-order valence-electron chi connectivity index (χ4n) is 2.30. The summed E-state index contributed by atoms with van der Waals surface area (Å²) >= 11 is 1.28. The summed E-state index contributed by atoms with van der Waals surface area (Å²) in [5, 5.41) is 16.1. The number of aliphatic carboxylic acids is 1. The molecule has 0 radical (unpaired) electrons. The number of benzene rings is 1. The Morgan fingerprint density at radius 2 is 1.92 bits per heavy atom. The van der Waals surface area contributed by atoms with Gasteiger partial charge >= 0.3 is 5.97 Å². The van der Waals surface area contributed by atoms with E-state index in [9.17, 15) is 9.59 Å². The molecular weight excluding hydrogens is 338 g/mol. The molecule has 1 heterocycles. The summed E-state index contributed by atoms with van der Waals surface area (Å²) < 4.78 is 1.72. The van der Waals surface area contributed by atoms with Gasteiger partial charge in [-0.1, -0.05) is 39.0 Å². The van der Waals surface area contributed by atoms with E-state index in [0.29, 0.717) is 17.9 Å². The van der Waals surface area contributed by atoms with Crippen LogP contribution in [0.3, 0.4) is 0 Å². The Hall–Kier alpha value is -2.28. The third kappa shape index (κ3) is 5.35. The lowest BCUT2D eigenvalue weighted by Gasteiger charge is -2.17. The molecule has 2 rings (SSSR count). The molecule has 0 unspecified atom stereocenters. The van der Waals surface area contributed by atoms with Crippen LogP contribution in [0.15, 0.2) is 36.5 Å². The van der Waals surface area contributed by atoms with E-state index in [4.69, 9.17) is 5.11 Å². The molecule has 7 heteroatoms. The number of hydrogen-bond acceptors (Lipinski definition) is 4. The SMILES string of the molecule is CC(C)(C)c1nn(-c2ccccc2)cc1C(=O)NCCSCC(=O)O. The molecule has 25 heavy (non-hydrogen) atoms. The van der Waals surface area contributed by atoms with Crippen LogP contribution in [0.4, 0.5) is 0 Å². The lowest BCUT2D eigenvalue weighted by molar-refractivity contribution is -0.133. The molecule has 2 N–H and O–H groups in total. The van der Waals surface area contributed by atoms with Gasteiger partial charge in [-0.05, 0) is 12.1 Å². The number of carboxylic acids is 1. The summed E-state index contributed by atoms with van der Waals surface area (Å²) in [7, 11) is 0. The minimum absolute atomic E-state index is 0.0368. The van der Waals surface area contributed by atoms with Crippen molar-refractivity contribution in [2.24, 2.45) is 0 Å². The van der Waals surface area contributed by atoms with Gasteiger partial charge in [-0.2, -0.15) is 5.10 Å². The Morgan fingerprint density at radius 1 is 1.24 bits per heavy atom. The zero-order valence-electron chi connectivity index (χ0n) is 14.7. The predicted octanol–water partition coefficient (Wildman–Crippen LogP) is 2.72. The van der Waals surface area contributed by atoms with Gasteiger partial charge < -0.3 is 10.4 Å². The monoisotopic (exact) mass is 361 g/mol. The van der Waals surface area contributed by atoms with Crippen LogP contribution in [0.5, 0.6) is 0 Å². The minimum Gasteiger partial charge on any atom is -0.481 e. The average Bonchev–Trinajstić information content (AvgIpc) is 3.00. The first-order valence-electron chi connectivity index (χ1n) is 8.02. The third-order valence-electron chi connectivity index (χ3n) is 3.45. The molecular formula is C18H23N3O3S. The molecule has 2 aromatic rings. The van der Waals surface area contributed by atoms with E-state index in [2.05, 4.69) is 10.4 Å². The molecule has 1 amide bonds. The number of thioether (sulfide) groups is 1. The molecule has 0 atom stereocenters. The summed E-state index contributed by atoms with van der Waals surface area (Å²) in [6.07, 6.45) is 1.75. The van der Waals surface area contributed by atoms with Crippen molar-refractivity contribution in [3.8, 4) is 5.69 Å². The van der Waals surface area contributed by atoms with Gasteiger partial charge in [0, 0.05) is 23.9 Å². The van der Waals surface area contributed by atoms with Crippen molar-refractivity contribution < 1.29 is 14.7 Å². The largest absolute Gasteiger partial charge is 0.481 e. The topological polar surface area (TPSA) is 84.2 Å². The Bertz CT molecular complexity index is 736. The van der Waals surface area contributed by atoms with E-state index < -0.39 is 5.97 Å². The van der Waals surface area contributed by atoms with Crippen molar-refractivity contribution in [3.63, 3.8) is 0 Å². The van der Waals surface area contributed by atoms with Crippen molar-refractivity contribution in [1.82, 2.24) is 15.1 Å². The quantitative estimate of drug-likeness (QED) is 0.741. The van der Waals surface area contributed by atoms with Crippen LogP contribution in [-0.2, 0) is 10.2 Å². The van der Waals surface area contributed by atoms with Crippen LogP contribution in [-0.4, -0.2) is 44.8 Å². The highest BCUT2D eigenvalue weighted by Gasteiger charge is 2.26. The van der Waals surface area contributed by atoms with Crippen LogP contribution < -0.4 is 5.32 Å². The standard InChI is InChI=1S/C18H23N3O3S/c1-18(2,3)16-14(17(24)19-9-10-25-12-15(22)23)11-21(20-16)13-7-5-4-6-8-13/h4-8,11H,9-10,12H2,1-3H3,(H,19,24)(H,22,23). The third-order valence-corrected chi connectivity index (χ3v) is 4.39. The molecule has 0 aliphatic heterocycles. The lowest BCUT2D eigenvalue weighted by Crippen LogP contribution is -2.28. The first-order chi connectivity index (χ1) is 11.8. The maximum absolute atomic E-state index is 12.6. The molecule has 6 nitrogen and oxygen atoms in total. The number of amides is 1. The fraction of sp³-hybridized carbons (Fsp3) is 0.389. The molecule has 0 bridgehead atoms. The van der Waals surface area contributed by atoms with Crippen LogP contribution in [0.2, 0.25) is 0 Å². The number of nitrogens with one attached hydrogen (secondary N) is 1. The predicted molar refractivity (Wildman–Crippen MR) is 99.6 cm³/mol. The number of carboxylic acid groups (broad SMARTS) is 1. The fourth-order valence-corrected chi connectivity index (χ4v) is 2.86. The van der Waals surface area contributed by atoms with Crippen LogP contribution in [0, 0.1) is 0 Å². The van der Waals surface area contributed by atoms with Crippen LogP contribution >= 0.6 is 11.8 Å². The Morgan fingerprint density at radius 3 is 2.52 bits per heavy atom. The number of carbonyl (C=O) groups excluding carboxylic acids is 1. The molecule has 1 aromatic carbocycles. The average molecular weight is 361 g/mol. The molecule has 0 spiro atoms. The lowest BCUT2D eigenvalue weighted by atomic mass is 9.89. The van der Waals surface area contributed by atoms with Crippen molar-refractivity contribution in [3.05, 3.63) is 47.8 Å². The Labute approximate surface area is 151 Å². The van der Waals surface area contributed by atoms with E-state index in [-0.39, 0.29) is 17.1 Å². The minimum atomic E-state index is -0.851. The van der Waals surface area contributed by atoms with Gasteiger partial charge in [0.2, 0.25) is 0 Å². The van der Waals surface area contributed by atoms with E-state index in [1.165, 1.54) is 11.8 Å². The van der Waals surface area contributed by atoms with Crippen molar-refractivity contribution >= 4 is 23.6 Å². The number of nitrogens with zero attached hydrogens (tertiary/aromatic N) is 2. The highest BCUT2D eigenvalue weighted by Crippen LogP contribution is 2.25. The smallest absolute Gasteiger partial charge is 0.313 e. The number of carbonyl (C=O) groups is 2. The van der Waals surface area contributed by atoms with Gasteiger partial charge in [0.05, 0.1) is 22.7 Å². The highest BCUT2D eigenvalue weighted by atomic mass is 32.2. The van der Waals surface area contributed by atoms with Crippen LogP contribution in [0.1, 0.15) is 36.8 Å². The van der Waals surface area contributed by atoms with Crippen molar-refractivity contribution in [1.29, 1.82) is 0 Å². The summed E-state index contributed by atoms with van der Waals surface area (Å²) in [6, 6.07) is 9.65. The van der Waals surface area contributed by atoms with Crippen molar-refractivity contribution in [2.75, 3.05) is 18.1 Å². The molecule has 134 valence electrons. The summed E-state index contributed by atoms with van der Waals surface area (Å²) in [5.74, 6) is -0.455. The number of rotatable bonds is 7. The number of hydrogen-bond donors (Lipinski definition) is 2. The van der Waals surface area contributed by atoms with Gasteiger partial charge in [-0.25, -0.2) is 4.68 Å². The van der Waals surface area contributed by atoms with Crippen molar-refractivity contribution in [2.45, 2.75) is 26.2 Å². The first-order valence-corrected chi connectivity index (χ1v) is 9.18. The second-order valence-corrected chi connectivity index (χ2v) is 7.73. The van der Waals surface area contributed by atoms with E-state index in [1.807, 2.05) is 51.1 Å². The normalized spacial score (nSPS) is 11.3. The first kappa shape index (κ1) is 19.1. The molecule has 0 aliphatic carbocycles. The summed E-state index contributed by atoms with van der Waals surface area (Å²) in [4.78, 5) is 23.1. The summed E-state index contributed by atoms with van der Waals surface area (Å²) in [5.41, 5.74) is 1.89. The van der Waals surface area contributed by atoms with Gasteiger partial charge in [-0.15, -0.1) is 11.8 Å². The second kappa shape index (κ2) is 8.20. The maximum Gasteiger partial charge on any atom is 0.313 e. The van der Waals surface area contributed by atoms with E-state index >= 15 is 0 Å². The number of aromatic nitrogens is 2. The Kier molecular flexibility index (Phi) is 6.25. The molecule has 0 saturated heterocycles. The Balaban J connectivity index is 2.14. The van der Waals surface area contributed by atoms with Gasteiger partial charge in [0.1, 0.15) is 0 Å². The summed E-state index contributed by atoms with van der Waals surface area (Å²) in [6.45, 7) is 6.47. The van der Waals surface area contributed by atoms with Crippen LogP contribution in [0.25, 0.3) is 5.69 Å². The van der Waals surface area contributed by atoms with E-state index in [1.54, 1.807) is 10.9 Å². The van der Waals surface area contributed by atoms with Gasteiger partial charge in [0.15, 0.2) is 0 Å². The van der Waals surface area contributed by atoms with Gasteiger partial charge in [-0.3, -0.25) is 9.59 Å². The molecule has 0 aliphatic rings. The molecule has 0 saturated carbocycles. The highest BCUT2D eigenvalue weighted by molar-refractivity contribution is 7.99. The number of para-hydroxylation sites is 1.